The number of ether oxygens (including phenoxy) is 1. The van der Waals surface area contributed by atoms with Gasteiger partial charge in [0.2, 0.25) is 0 Å². The van der Waals surface area contributed by atoms with Crippen LogP contribution < -0.4 is 10.1 Å². The SMILES string of the molecule is CCCOc1ccc(C(C)NCCN2CCN(CC)CC2)cc1. The standard InChI is InChI=1S/C19H33N3O/c1-4-16-23-19-8-6-18(7-9-19)17(3)20-10-11-22-14-12-21(5-2)13-15-22/h6-9,17,20H,4-5,10-16H2,1-3H3. The van der Waals surface area contributed by atoms with Crippen LogP contribution in [0.1, 0.15) is 38.8 Å². The van der Waals surface area contributed by atoms with E-state index in [0.29, 0.717) is 6.04 Å². The average molecular weight is 319 g/mol. The van der Waals surface area contributed by atoms with Gasteiger partial charge in [0.25, 0.3) is 0 Å². The maximum Gasteiger partial charge on any atom is 0.119 e. The summed E-state index contributed by atoms with van der Waals surface area (Å²) in [4.78, 5) is 5.09. The van der Waals surface area contributed by atoms with Crippen molar-refractivity contribution < 1.29 is 4.74 Å². The van der Waals surface area contributed by atoms with E-state index in [2.05, 4.69) is 60.2 Å². The van der Waals surface area contributed by atoms with Gasteiger partial charge in [-0.15, -0.1) is 0 Å². The fourth-order valence-electron chi connectivity index (χ4n) is 2.96. The molecular weight excluding hydrogens is 286 g/mol. The molecule has 1 fully saturated rings. The Balaban J connectivity index is 1.67. The van der Waals surface area contributed by atoms with Crippen LogP contribution in [0.5, 0.6) is 5.75 Å². The summed E-state index contributed by atoms with van der Waals surface area (Å²) in [6.45, 7) is 15.6. The Morgan fingerprint density at radius 1 is 1.04 bits per heavy atom. The van der Waals surface area contributed by atoms with Gasteiger partial charge in [-0.2, -0.15) is 0 Å². The predicted molar refractivity (Wildman–Crippen MR) is 97.2 cm³/mol. The van der Waals surface area contributed by atoms with Crippen LogP contribution in [0.2, 0.25) is 0 Å². The van der Waals surface area contributed by atoms with Crippen LogP contribution in [0.15, 0.2) is 24.3 Å². The molecule has 1 aliphatic rings. The molecule has 4 nitrogen and oxygen atoms in total. The van der Waals surface area contributed by atoms with E-state index in [1.165, 1.54) is 38.3 Å². The Kier molecular flexibility index (Phi) is 7.86. The third-order valence-electron chi connectivity index (χ3n) is 4.64. The van der Waals surface area contributed by atoms with Crippen LogP contribution in [-0.4, -0.2) is 62.2 Å². The zero-order valence-corrected chi connectivity index (χ0v) is 15.1. The first-order valence-corrected chi connectivity index (χ1v) is 9.13. The summed E-state index contributed by atoms with van der Waals surface area (Å²) in [6.07, 6.45) is 1.05. The van der Waals surface area contributed by atoms with Gasteiger partial charge in [-0.05, 0) is 37.6 Å². The molecule has 1 heterocycles. The van der Waals surface area contributed by atoms with Crippen LogP contribution >= 0.6 is 0 Å². The summed E-state index contributed by atoms with van der Waals surface area (Å²) in [5.74, 6) is 0.969. The summed E-state index contributed by atoms with van der Waals surface area (Å²) in [5.41, 5.74) is 1.32. The lowest BCUT2D eigenvalue weighted by molar-refractivity contribution is 0.137. The Labute approximate surface area is 141 Å². The molecule has 0 spiro atoms. The quantitative estimate of drug-likeness (QED) is 0.757. The van der Waals surface area contributed by atoms with E-state index in [4.69, 9.17) is 4.74 Å². The summed E-state index contributed by atoms with van der Waals surface area (Å²) in [6, 6.07) is 8.87. The molecule has 1 atom stereocenters. The Morgan fingerprint density at radius 3 is 2.30 bits per heavy atom. The zero-order valence-electron chi connectivity index (χ0n) is 15.1. The van der Waals surface area contributed by atoms with Crippen molar-refractivity contribution in [3.8, 4) is 5.75 Å². The van der Waals surface area contributed by atoms with Gasteiger partial charge < -0.3 is 15.0 Å². The third-order valence-corrected chi connectivity index (χ3v) is 4.64. The van der Waals surface area contributed by atoms with Gasteiger partial charge in [0.05, 0.1) is 6.61 Å². The molecule has 0 saturated carbocycles. The van der Waals surface area contributed by atoms with Crippen molar-refractivity contribution in [2.75, 3.05) is 52.4 Å². The second-order valence-electron chi connectivity index (χ2n) is 6.37. The van der Waals surface area contributed by atoms with Crippen molar-refractivity contribution in [3.63, 3.8) is 0 Å². The number of likely N-dealkylation sites (N-methyl/N-ethyl adjacent to an activating group) is 1. The third kappa shape index (κ3) is 6.13. The fourth-order valence-corrected chi connectivity index (χ4v) is 2.96. The number of hydrogen-bond donors (Lipinski definition) is 1. The van der Waals surface area contributed by atoms with Crippen molar-refractivity contribution in [1.82, 2.24) is 15.1 Å². The molecule has 1 aromatic rings. The van der Waals surface area contributed by atoms with E-state index >= 15 is 0 Å². The zero-order chi connectivity index (χ0) is 16.5. The molecule has 1 unspecified atom stereocenters. The number of benzene rings is 1. The first kappa shape index (κ1) is 18.2. The molecule has 4 heteroatoms. The van der Waals surface area contributed by atoms with Gasteiger partial charge in [-0.1, -0.05) is 26.0 Å². The number of nitrogens with zero attached hydrogens (tertiary/aromatic N) is 2. The number of hydrogen-bond acceptors (Lipinski definition) is 4. The highest BCUT2D eigenvalue weighted by Crippen LogP contribution is 2.17. The fraction of sp³-hybridized carbons (Fsp3) is 0.684. The second kappa shape index (κ2) is 9.91. The lowest BCUT2D eigenvalue weighted by atomic mass is 10.1. The molecular formula is C19H33N3O. The first-order valence-electron chi connectivity index (χ1n) is 9.13. The van der Waals surface area contributed by atoms with E-state index in [9.17, 15) is 0 Å². The van der Waals surface area contributed by atoms with Crippen molar-refractivity contribution in [2.24, 2.45) is 0 Å². The Morgan fingerprint density at radius 2 is 1.70 bits per heavy atom. The summed E-state index contributed by atoms with van der Waals surface area (Å²) in [7, 11) is 0. The molecule has 0 radical (unpaired) electrons. The number of nitrogens with one attached hydrogen (secondary N) is 1. The smallest absolute Gasteiger partial charge is 0.119 e. The van der Waals surface area contributed by atoms with Crippen LogP contribution in [0.25, 0.3) is 0 Å². The minimum atomic E-state index is 0.382. The van der Waals surface area contributed by atoms with Crippen LogP contribution in [0.3, 0.4) is 0 Å². The van der Waals surface area contributed by atoms with Gasteiger partial charge in [0, 0.05) is 45.3 Å². The van der Waals surface area contributed by atoms with Crippen molar-refractivity contribution in [2.45, 2.75) is 33.2 Å². The molecule has 130 valence electrons. The van der Waals surface area contributed by atoms with Crippen molar-refractivity contribution in [3.05, 3.63) is 29.8 Å². The van der Waals surface area contributed by atoms with E-state index in [1.807, 2.05) is 0 Å². The number of rotatable bonds is 9. The maximum absolute atomic E-state index is 5.64. The average Bonchev–Trinajstić information content (AvgIpc) is 2.61. The minimum absolute atomic E-state index is 0.382. The summed E-state index contributed by atoms with van der Waals surface area (Å²) in [5, 5.41) is 3.64. The molecule has 1 saturated heterocycles. The largest absolute Gasteiger partial charge is 0.494 e. The molecule has 0 amide bonds. The van der Waals surface area contributed by atoms with Crippen LogP contribution in [0, 0.1) is 0 Å². The van der Waals surface area contributed by atoms with Gasteiger partial charge in [0.15, 0.2) is 0 Å². The molecule has 1 aliphatic heterocycles. The second-order valence-corrected chi connectivity index (χ2v) is 6.37. The highest BCUT2D eigenvalue weighted by molar-refractivity contribution is 5.28. The van der Waals surface area contributed by atoms with E-state index in [-0.39, 0.29) is 0 Å². The summed E-state index contributed by atoms with van der Waals surface area (Å²) >= 11 is 0. The Bertz CT molecular complexity index is 427. The molecule has 1 N–H and O–H groups in total. The summed E-state index contributed by atoms with van der Waals surface area (Å²) < 4.78 is 5.64. The Hall–Kier alpha value is -1.10. The van der Waals surface area contributed by atoms with Gasteiger partial charge in [-0.3, -0.25) is 4.90 Å². The highest BCUT2D eigenvalue weighted by Gasteiger charge is 2.15. The van der Waals surface area contributed by atoms with Crippen molar-refractivity contribution >= 4 is 0 Å². The lowest BCUT2D eigenvalue weighted by Crippen LogP contribution is -2.47. The molecule has 23 heavy (non-hydrogen) atoms. The van der Waals surface area contributed by atoms with Crippen LogP contribution in [-0.2, 0) is 0 Å². The molecule has 0 aromatic heterocycles. The highest BCUT2D eigenvalue weighted by atomic mass is 16.5. The molecule has 0 bridgehead atoms. The van der Waals surface area contributed by atoms with Crippen molar-refractivity contribution in [1.29, 1.82) is 0 Å². The van der Waals surface area contributed by atoms with Gasteiger partial charge >= 0.3 is 0 Å². The predicted octanol–water partition coefficient (Wildman–Crippen LogP) is 2.76. The van der Waals surface area contributed by atoms with E-state index < -0.39 is 0 Å². The van der Waals surface area contributed by atoms with Gasteiger partial charge in [0.1, 0.15) is 5.75 Å². The monoisotopic (exact) mass is 319 g/mol. The van der Waals surface area contributed by atoms with Crippen LogP contribution in [0.4, 0.5) is 0 Å². The maximum atomic E-state index is 5.64. The molecule has 2 rings (SSSR count). The number of piperazine rings is 1. The first-order chi connectivity index (χ1) is 11.2. The molecule has 1 aromatic carbocycles. The minimum Gasteiger partial charge on any atom is -0.494 e. The molecule has 0 aliphatic carbocycles. The topological polar surface area (TPSA) is 27.7 Å². The van der Waals surface area contributed by atoms with E-state index in [1.54, 1.807) is 0 Å². The van der Waals surface area contributed by atoms with E-state index in [0.717, 1.165) is 31.9 Å². The van der Waals surface area contributed by atoms with Gasteiger partial charge in [-0.25, -0.2) is 0 Å². The normalized spacial score (nSPS) is 18.0. The lowest BCUT2D eigenvalue weighted by Gasteiger charge is -2.34.